The van der Waals surface area contributed by atoms with Crippen LogP contribution >= 0.6 is 0 Å². The monoisotopic (exact) mass is 470 g/mol. The van der Waals surface area contributed by atoms with Gasteiger partial charge in [0.25, 0.3) is 11.5 Å². The third-order valence-electron chi connectivity index (χ3n) is 4.98. The lowest BCUT2D eigenvalue weighted by Crippen LogP contribution is -2.22. The summed E-state index contributed by atoms with van der Waals surface area (Å²) in [5, 5.41) is 26.4. The average Bonchev–Trinajstić information content (AvgIpc) is 3.37. The molecule has 2 aromatic carbocycles. The molecule has 10 nitrogen and oxygen atoms in total. The topological polar surface area (TPSA) is 145 Å². The molecule has 4 rings (SSSR count). The highest BCUT2D eigenvalue weighted by atomic mass is 16.4. The molecule has 0 unspecified atom stereocenters. The van der Waals surface area contributed by atoms with Gasteiger partial charge in [0.2, 0.25) is 0 Å². The minimum atomic E-state index is -1.35. The number of anilines is 1. The number of nitrogens with one attached hydrogen (secondary N) is 1. The summed E-state index contributed by atoms with van der Waals surface area (Å²) >= 11 is 0. The summed E-state index contributed by atoms with van der Waals surface area (Å²) in [6.07, 6.45) is 6.86. The third kappa shape index (κ3) is 4.62. The van der Waals surface area contributed by atoms with Gasteiger partial charge in [-0.2, -0.15) is 10.1 Å². The van der Waals surface area contributed by atoms with Gasteiger partial charge in [-0.25, -0.2) is 14.3 Å². The zero-order valence-electron chi connectivity index (χ0n) is 18.0. The number of hydrazone groups is 1. The molecule has 1 amide bonds. The molecule has 174 valence electrons. The Hall–Kier alpha value is -5.25. The standard InChI is InChI=1S/C25H18N4O6/c30-22-18(20(24(32)33)26-28(22)16-10-4-1-5-11-16)14-8-3-9-15-19-21(25(34)35)27-29(23(19)31)17-12-6-2-7-13-17/h1-15,26H,(H,32,33)(H,34,35). The van der Waals surface area contributed by atoms with Crippen LogP contribution in [0.3, 0.4) is 0 Å². The van der Waals surface area contributed by atoms with Gasteiger partial charge < -0.3 is 10.2 Å². The van der Waals surface area contributed by atoms with E-state index in [1.807, 2.05) is 0 Å². The number of hydrogen-bond donors (Lipinski definition) is 3. The van der Waals surface area contributed by atoms with Crippen LogP contribution in [-0.4, -0.2) is 43.6 Å². The number of hydrogen-bond acceptors (Lipinski definition) is 5. The highest BCUT2D eigenvalue weighted by Crippen LogP contribution is 2.23. The zero-order chi connectivity index (χ0) is 24.9. The number of aromatic nitrogens is 2. The Bertz CT molecular complexity index is 1480. The molecule has 3 aromatic rings. The number of aromatic carboxylic acids is 1. The second kappa shape index (κ2) is 9.71. The van der Waals surface area contributed by atoms with Gasteiger partial charge in [0.1, 0.15) is 0 Å². The number of rotatable bonds is 7. The lowest BCUT2D eigenvalue weighted by Gasteiger charge is -2.10. The minimum Gasteiger partial charge on any atom is -0.477 e. The smallest absolute Gasteiger partial charge is 0.357 e. The first-order chi connectivity index (χ1) is 16.9. The fourth-order valence-electron chi connectivity index (χ4n) is 3.36. The van der Waals surface area contributed by atoms with Crippen molar-refractivity contribution in [1.29, 1.82) is 0 Å². The van der Waals surface area contributed by atoms with Crippen molar-refractivity contribution < 1.29 is 24.6 Å². The van der Waals surface area contributed by atoms with Crippen LogP contribution in [0.15, 0.2) is 100 Å². The maximum atomic E-state index is 12.7. The molecule has 1 aliphatic rings. The summed E-state index contributed by atoms with van der Waals surface area (Å²) in [5.41, 5.74) is -0.538. The number of carbonyl (C=O) groups excluding carboxylic acids is 1. The number of nitrogens with zero attached hydrogens (tertiary/aromatic N) is 3. The van der Waals surface area contributed by atoms with E-state index in [1.165, 1.54) is 30.4 Å². The lowest BCUT2D eigenvalue weighted by molar-refractivity contribution is -0.129. The Kier molecular flexibility index (Phi) is 6.36. The molecule has 0 aliphatic carbocycles. The van der Waals surface area contributed by atoms with Gasteiger partial charge in [0, 0.05) is 0 Å². The quantitative estimate of drug-likeness (QED) is 0.358. The number of carboxylic acid groups (broad SMARTS) is 2. The SMILES string of the molecule is O=C(O)C1=NN(c2ccccc2)C(=O)C1=CC=CC=Cc1c(C(=O)O)[nH]n(-c2ccccc2)c1=O. The van der Waals surface area contributed by atoms with Crippen LogP contribution in [0.4, 0.5) is 5.69 Å². The second-order valence-corrected chi connectivity index (χ2v) is 7.21. The highest BCUT2D eigenvalue weighted by molar-refractivity contribution is 6.52. The molecule has 3 N–H and O–H groups in total. The molecule has 0 saturated heterocycles. The first-order valence-electron chi connectivity index (χ1n) is 10.3. The molecule has 0 saturated carbocycles. The maximum Gasteiger partial charge on any atom is 0.357 e. The Morgan fingerprint density at radius 1 is 0.829 bits per heavy atom. The zero-order valence-corrected chi connectivity index (χ0v) is 18.0. The largest absolute Gasteiger partial charge is 0.477 e. The van der Waals surface area contributed by atoms with Crippen LogP contribution in [0.25, 0.3) is 11.8 Å². The molecule has 0 bridgehead atoms. The normalized spacial score (nSPS) is 14.9. The van der Waals surface area contributed by atoms with Crippen LogP contribution in [0.5, 0.6) is 0 Å². The van der Waals surface area contributed by atoms with Gasteiger partial charge >= 0.3 is 11.9 Å². The molecule has 0 spiro atoms. The molecule has 35 heavy (non-hydrogen) atoms. The van der Waals surface area contributed by atoms with Crippen molar-refractivity contribution in [3.05, 3.63) is 112 Å². The maximum absolute atomic E-state index is 12.7. The van der Waals surface area contributed by atoms with Crippen molar-refractivity contribution >= 4 is 35.3 Å². The highest BCUT2D eigenvalue weighted by Gasteiger charge is 2.34. The van der Waals surface area contributed by atoms with E-state index in [1.54, 1.807) is 60.7 Å². The van der Waals surface area contributed by atoms with Gasteiger partial charge in [-0.3, -0.25) is 14.7 Å². The van der Waals surface area contributed by atoms with E-state index in [0.717, 1.165) is 9.69 Å². The first kappa shape index (κ1) is 22.9. The molecule has 1 aliphatic heterocycles. The Morgan fingerprint density at radius 3 is 2.06 bits per heavy atom. The van der Waals surface area contributed by atoms with Crippen LogP contribution in [0, 0.1) is 0 Å². The van der Waals surface area contributed by atoms with Crippen LogP contribution in [0.2, 0.25) is 0 Å². The first-order valence-corrected chi connectivity index (χ1v) is 10.3. The van der Waals surface area contributed by atoms with Gasteiger partial charge in [0.05, 0.1) is 22.5 Å². The fourth-order valence-corrected chi connectivity index (χ4v) is 3.36. The number of para-hydroxylation sites is 2. The number of allylic oxidation sites excluding steroid dienone is 4. The van der Waals surface area contributed by atoms with E-state index >= 15 is 0 Å². The predicted octanol–water partition coefficient (Wildman–Crippen LogP) is 2.85. The van der Waals surface area contributed by atoms with Gasteiger partial charge in [-0.1, -0.05) is 54.6 Å². The fraction of sp³-hybridized carbons (Fsp3) is 0. The van der Waals surface area contributed by atoms with Crippen molar-refractivity contribution in [2.24, 2.45) is 5.10 Å². The second-order valence-electron chi connectivity index (χ2n) is 7.21. The van der Waals surface area contributed by atoms with E-state index in [4.69, 9.17) is 0 Å². The van der Waals surface area contributed by atoms with Gasteiger partial charge in [-0.05, 0) is 36.4 Å². The Labute approximate surface area is 198 Å². The van der Waals surface area contributed by atoms with E-state index in [2.05, 4.69) is 10.2 Å². The van der Waals surface area contributed by atoms with Crippen LogP contribution in [0.1, 0.15) is 16.1 Å². The van der Waals surface area contributed by atoms with Crippen molar-refractivity contribution in [3.63, 3.8) is 0 Å². The Morgan fingerprint density at radius 2 is 1.46 bits per heavy atom. The number of benzene rings is 2. The van der Waals surface area contributed by atoms with Crippen LogP contribution < -0.4 is 10.6 Å². The number of aliphatic carboxylic acids is 1. The van der Waals surface area contributed by atoms with Crippen LogP contribution in [-0.2, 0) is 9.59 Å². The number of aromatic amines is 1. The minimum absolute atomic E-state index is 0.0707. The Balaban J connectivity index is 1.59. The molecule has 2 heterocycles. The van der Waals surface area contributed by atoms with Crippen molar-refractivity contribution in [3.8, 4) is 5.69 Å². The summed E-state index contributed by atoms with van der Waals surface area (Å²) in [5.74, 6) is -3.26. The molecular formula is C25H18N4O6. The van der Waals surface area contributed by atoms with Crippen molar-refractivity contribution in [1.82, 2.24) is 9.78 Å². The molecular weight excluding hydrogens is 452 g/mol. The van der Waals surface area contributed by atoms with E-state index in [-0.39, 0.29) is 16.8 Å². The van der Waals surface area contributed by atoms with Gasteiger partial charge in [-0.15, -0.1) is 0 Å². The number of amides is 1. The van der Waals surface area contributed by atoms with Gasteiger partial charge in [0.15, 0.2) is 11.4 Å². The number of carboxylic acids is 2. The summed E-state index contributed by atoms with van der Waals surface area (Å²) in [7, 11) is 0. The molecule has 0 fully saturated rings. The predicted molar refractivity (Wildman–Crippen MR) is 129 cm³/mol. The van der Waals surface area contributed by atoms with Crippen molar-refractivity contribution in [2.75, 3.05) is 5.01 Å². The molecule has 1 aromatic heterocycles. The molecule has 10 heteroatoms. The molecule has 0 radical (unpaired) electrons. The number of H-pyrrole nitrogens is 1. The summed E-state index contributed by atoms with van der Waals surface area (Å²) in [4.78, 5) is 48.7. The van der Waals surface area contributed by atoms with E-state index < -0.39 is 29.1 Å². The van der Waals surface area contributed by atoms with Crippen molar-refractivity contribution in [2.45, 2.75) is 0 Å². The summed E-state index contributed by atoms with van der Waals surface area (Å²) in [6.45, 7) is 0. The summed E-state index contributed by atoms with van der Waals surface area (Å²) in [6, 6.07) is 16.9. The van der Waals surface area contributed by atoms with E-state index in [0.29, 0.717) is 11.4 Å². The number of carbonyl (C=O) groups is 3. The lowest BCUT2D eigenvalue weighted by atomic mass is 10.1. The van der Waals surface area contributed by atoms with E-state index in [9.17, 15) is 29.4 Å². The third-order valence-corrected chi connectivity index (χ3v) is 4.98. The average molecular weight is 470 g/mol. The summed E-state index contributed by atoms with van der Waals surface area (Å²) < 4.78 is 1.12. The molecule has 0 atom stereocenters.